The predicted octanol–water partition coefficient (Wildman–Crippen LogP) is 29.2. The third kappa shape index (κ3) is 9.94. The normalized spacial score (nSPS) is 15.1. The molecule has 0 aliphatic carbocycles. The molecule has 2 aliphatic rings. The first-order chi connectivity index (χ1) is 67.0. The van der Waals surface area contributed by atoms with E-state index in [2.05, 4.69) is 170 Å². The summed E-state index contributed by atoms with van der Waals surface area (Å²) >= 11 is 0. The molecule has 5 heteroatoms. The van der Waals surface area contributed by atoms with Gasteiger partial charge < -0.3 is 18.9 Å². The fraction of sp³-hybridized carbons (Fsp3) is 0.0351. The number of hydrogen-bond acceptors (Lipinski definition) is 2. The highest BCUT2D eigenvalue weighted by molar-refractivity contribution is 7.00. The summed E-state index contributed by atoms with van der Waals surface area (Å²) in [4.78, 5) is 4.06. The minimum absolute atomic E-state index is 0.0121. The summed E-state index contributed by atoms with van der Waals surface area (Å²) in [6.45, 7) is 4.39. The second kappa shape index (κ2) is 25.7. The molecule has 23 aromatic rings. The van der Waals surface area contributed by atoms with Gasteiger partial charge in [0, 0.05) is 77.9 Å². The first kappa shape index (κ1) is 50.3. The van der Waals surface area contributed by atoms with Crippen LogP contribution in [-0.2, 0) is 5.41 Å². The highest BCUT2D eigenvalue weighted by Crippen LogP contribution is 2.57. The van der Waals surface area contributed by atoms with Crippen molar-refractivity contribution in [1.29, 1.82) is 0 Å². The molecule has 4 heterocycles. The quantitative estimate of drug-likeness (QED) is 0.111. The summed E-state index contributed by atoms with van der Waals surface area (Å²) in [5, 5.41) is 13.5. The van der Waals surface area contributed by atoms with Crippen molar-refractivity contribution in [2.45, 2.75) is 26.2 Å². The summed E-state index contributed by atoms with van der Waals surface area (Å²) < 4.78 is 206. The van der Waals surface area contributed by atoms with Crippen LogP contribution in [0.2, 0.25) is 0 Å². The summed E-state index contributed by atoms with van der Waals surface area (Å²) in [5.41, 5.74) is 5.58. The molecular weight excluding hydrogens is 1440 g/mol. The van der Waals surface area contributed by atoms with Crippen molar-refractivity contribution in [3.05, 3.63) is 405 Å². The largest absolute Gasteiger partial charge is 0.310 e. The molecule has 0 fully saturated rings. The Kier molecular flexibility index (Phi) is 10.9. The van der Waals surface area contributed by atoms with Crippen molar-refractivity contribution in [3.63, 3.8) is 0 Å². The molecule has 4 nitrogen and oxygen atoms in total. The summed E-state index contributed by atoms with van der Waals surface area (Å²) in [6.07, 6.45) is 0. The minimum Gasteiger partial charge on any atom is -0.310 e. The summed E-state index contributed by atoms with van der Waals surface area (Å²) in [5.74, 6) is 0. The van der Waals surface area contributed by atoms with E-state index in [1.807, 2.05) is 116 Å². The monoisotopic (exact) mass is 1530 g/mol. The molecule has 0 radical (unpaired) electrons. The number of rotatable bonds is 8. The lowest BCUT2D eigenvalue weighted by molar-refractivity contribution is 0.590. The molecule has 0 saturated carbocycles. The fourth-order valence-electron chi connectivity index (χ4n) is 19.6. The number of hydrogen-bond donors (Lipinski definition) is 0. The van der Waals surface area contributed by atoms with Gasteiger partial charge in [-0.2, -0.15) is 0 Å². The van der Waals surface area contributed by atoms with Crippen LogP contribution in [0.4, 0.5) is 34.1 Å². The van der Waals surface area contributed by atoms with Crippen molar-refractivity contribution in [2.24, 2.45) is 0 Å². The van der Waals surface area contributed by atoms with Gasteiger partial charge in [0.25, 0.3) is 6.71 Å². The Labute approximate surface area is 717 Å². The van der Waals surface area contributed by atoms with E-state index >= 15 is 0 Å². The zero-order chi connectivity index (χ0) is 95.9. The first-order valence-corrected chi connectivity index (χ1v) is 40.0. The second-order valence-corrected chi connectivity index (χ2v) is 32.1. The average molecular weight is 1530 g/mol. The van der Waals surface area contributed by atoms with Crippen molar-refractivity contribution < 1.29 is 27.4 Å². The zero-order valence-corrected chi connectivity index (χ0v) is 64.4. The van der Waals surface area contributed by atoms with Crippen LogP contribution in [0.3, 0.4) is 0 Å². The van der Waals surface area contributed by atoms with Crippen LogP contribution in [0.5, 0.6) is 0 Å². The molecule has 0 spiro atoms. The number of nitrogens with zero attached hydrogens (tertiary/aromatic N) is 4. The van der Waals surface area contributed by atoms with Crippen LogP contribution in [0.1, 0.15) is 53.7 Å². The first-order valence-electron chi connectivity index (χ1n) is 50.0. The van der Waals surface area contributed by atoms with E-state index in [0.717, 1.165) is 108 Å². The smallest absolute Gasteiger partial charge is 0.252 e. The van der Waals surface area contributed by atoms with Crippen LogP contribution >= 0.6 is 0 Å². The third-order valence-electron chi connectivity index (χ3n) is 24.8. The Bertz CT molecular complexity index is 8670. The Morgan fingerprint density at radius 1 is 0.252 bits per heavy atom. The van der Waals surface area contributed by atoms with Crippen molar-refractivity contribution >= 4 is 187 Å². The van der Waals surface area contributed by atoms with Gasteiger partial charge >= 0.3 is 0 Å². The number of para-hydroxylation sites is 6. The van der Waals surface area contributed by atoms with E-state index in [1.54, 1.807) is 12.1 Å². The number of anilines is 6. The lowest BCUT2D eigenvalue weighted by Crippen LogP contribution is -2.61. The molecule has 25 rings (SSSR count). The standard InChI is InChI=1S/C114H75BN4/c1-114(2,3)78-66-105-111-106(67-78)119(113-95(91-44-22-32-76-60-56-72-28-6-10-36-83(72)109(76)91)48-25-49-96(113)92-45-23-33-77-61-57-73-29-7-11-37-84(73)110(77)92)104-69-80(117-101-52-18-14-40-87(101)88-41-15-19-53-102(88)117)63-65-98(104)115(111)97-64-62-79(116-99-50-16-12-38-85(99)86-39-13-17-51-100(86)116)68-103(97)118(105)112-93(89-42-20-30-74-58-54-70-26-4-8-34-81(70)107(74)89)46-24-47-94(112)90-43-21-31-75-59-55-71-27-5-9-35-82(71)108(75)90/h4-69H,1-3H3/i12D,13D,14D,15D,16D,17D,18D,19D,38D,39D,40D,41D,50D,51D,52D,53D,64D,65D,66D,67D. The molecular formula is C114H75BN4. The van der Waals surface area contributed by atoms with Crippen molar-refractivity contribution in [3.8, 4) is 55.9 Å². The van der Waals surface area contributed by atoms with Gasteiger partial charge in [0.1, 0.15) is 0 Å². The maximum atomic E-state index is 12.2. The van der Waals surface area contributed by atoms with Gasteiger partial charge in [-0.3, -0.25) is 0 Å². The van der Waals surface area contributed by atoms with Gasteiger partial charge in [-0.05, 0) is 196 Å². The predicted molar refractivity (Wildman–Crippen MR) is 510 cm³/mol. The zero-order valence-electron chi connectivity index (χ0n) is 84.4. The highest BCUT2D eigenvalue weighted by atomic mass is 15.2. The number of fused-ring (bicyclic) bond motifs is 22. The Morgan fingerprint density at radius 3 is 0.832 bits per heavy atom. The van der Waals surface area contributed by atoms with Crippen LogP contribution in [-0.4, -0.2) is 15.8 Å². The van der Waals surface area contributed by atoms with Gasteiger partial charge in [0.2, 0.25) is 0 Å². The van der Waals surface area contributed by atoms with E-state index in [0.29, 0.717) is 33.6 Å². The Balaban J connectivity index is 0.939. The third-order valence-corrected chi connectivity index (χ3v) is 24.8. The maximum Gasteiger partial charge on any atom is 0.252 e. The SMILES string of the molecule is [2H]c1cc(-n2c3c([2H])c([2H])c([2H])c([2H])c3c3c([2H])c([2H])c([2H])c([2H])c32)cc2c1B1c3c([2H])cc(-n4c5c([2H])c([2H])c([2H])c([2H])c5c5c([2H])c([2H])c([2H])c([2H])c54)cc3N(c3c(-c4cccc5ccc6ccccc6c45)cccc3-c3cccc4ccc5ccccc5c34)c3c([2H])c(C(C)(C)C)c([2H])c(c31)N2c1c(-c2cccc3ccc4ccccc4c23)cccc1-c1cccc2ccc3ccccc3c12. The molecule has 0 atom stereocenters. The van der Waals surface area contributed by atoms with Gasteiger partial charge in [-0.25, -0.2) is 0 Å². The van der Waals surface area contributed by atoms with Crippen LogP contribution in [0.25, 0.3) is 186 Å². The minimum atomic E-state index is -1.48. The van der Waals surface area contributed by atoms with E-state index in [1.165, 1.54) is 21.3 Å². The lowest BCUT2D eigenvalue weighted by Gasteiger charge is -2.46. The van der Waals surface area contributed by atoms with Gasteiger partial charge in [-0.1, -0.05) is 360 Å². The van der Waals surface area contributed by atoms with E-state index in [-0.39, 0.29) is 124 Å². The molecule has 0 bridgehead atoms. The molecule has 554 valence electrons. The average Bonchev–Trinajstić information content (AvgIpc) is 1.18. The van der Waals surface area contributed by atoms with Crippen molar-refractivity contribution in [1.82, 2.24) is 9.13 Å². The van der Waals surface area contributed by atoms with Crippen LogP contribution < -0.4 is 26.2 Å². The van der Waals surface area contributed by atoms with Gasteiger partial charge in [0.15, 0.2) is 0 Å². The molecule has 21 aromatic carbocycles. The molecule has 119 heavy (non-hydrogen) atoms. The van der Waals surface area contributed by atoms with E-state index < -0.39 is 109 Å². The van der Waals surface area contributed by atoms with E-state index in [9.17, 15) is 27.4 Å². The summed E-state index contributed by atoms with van der Waals surface area (Å²) in [7, 11) is 0. The molecule has 2 aliphatic heterocycles. The Morgan fingerprint density at radius 2 is 0.521 bits per heavy atom. The van der Waals surface area contributed by atoms with Crippen LogP contribution in [0.15, 0.2) is 400 Å². The topological polar surface area (TPSA) is 16.3 Å². The number of benzene rings is 21. The molecule has 0 amide bonds. The van der Waals surface area contributed by atoms with E-state index in [4.69, 9.17) is 0 Å². The maximum absolute atomic E-state index is 12.2. The second-order valence-electron chi connectivity index (χ2n) is 32.1. The Hall–Kier alpha value is -15.0. The van der Waals surface area contributed by atoms with Gasteiger partial charge in [-0.15, -0.1) is 0 Å². The number of aromatic nitrogens is 2. The lowest BCUT2D eigenvalue weighted by atomic mass is 9.33. The van der Waals surface area contributed by atoms with Gasteiger partial charge in [0.05, 0.1) is 60.9 Å². The summed E-state index contributed by atoms with van der Waals surface area (Å²) in [6, 6.07) is 82.0. The van der Waals surface area contributed by atoms with Crippen molar-refractivity contribution in [2.75, 3.05) is 9.80 Å². The molecule has 0 saturated heterocycles. The molecule has 0 unspecified atom stereocenters. The fourth-order valence-corrected chi connectivity index (χ4v) is 19.6. The molecule has 2 aromatic heterocycles. The van der Waals surface area contributed by atoms with Crippen LogP contribution in [0, 0.1) is 0 Å². The highest BCUT2D eigenvalue weighted by Gasteiger charge is 2.47. The molecule has 0 N–H and O–H groups in total.